The van der Waals surface area contributed by atoms with Crippen molar-refractivity contribution in [2.24, 2.45) is 0 Å². The second kappa shape index (κ2) is 12.1. The molecule has 0 bridgehead atoms. The first-order valence-corrected chi connectivity index (χ1v) is 17.8. The number of rotatable bonds is 5. The van der Waals surface area contributed by atoms with Gasteiger partial charge in [0.25, 0.3) is 0 Å². The van der Waals surface area contributed by atoms with E-state index in [1.807, 2.05) is 47.7 Å². The number of fused-ring (bicyclic) bond motifs is 7. The number of nitrogens with zero attached hydrogens (tertiary/aromatic N) is 4. The fourth-order valence-corrected chi connectivity index (χ4v) is 8.26. The molecule has 4 nitrogen and oxygen atoms in total. The molecule has 10 aromatic rings. The molecular weight excluding hydrogens is 641 g/mol. The third-order valence-electron chi connectivity index (χ3n) is 9.52. The summed E-state index contributed by atoms with van der Waals surface area (Å²) in [5, 5.41) is 5.97. The third-order valence-corrected chi connectivity index (χ3v) is 10.7. The Hall–Kier alpha value is -6.56. The monoisotopic (exact) mass is 668 g/mol. The summed E-state index contributed by atoms with van der Waals surface area (Å²) in [4.78, 5) is 20.3. The Kier molecular flexibility index (Phi) is 6.96. The molecule has 0 amide bonds. The van der Waals surface area contributed by atoms with Crippen LogP contribution in [0.2, 0.25) is 0 Å². The molecule has 0 saturated carbocycles. The van der Waals surface area contributed by atoms with E-state index in [-0.39, 0.29) is 0 Å². The first-order chi connectivity index (χ1) is 25.3. The van der Waals surface area contributed by atoms with Crippen LogP contribution in [0, 0.1) is 0 Å². The van der Waals surface area contributed by atoms with Gasteiger partial charge in [-0.25, -0.2) is 19.9 Å². The summed E-state index contributed by atoms with van der Waals surface area (Å²) < 4.78 is 2.48. The Morgan fingerprint density at radius 2 is 0.843 bits per heavy atom. The lowest BCUT2D eigenvalue weighted by Crippen LogP contribution is -2.00. The summed E-state index contributed by atoms with van der Waals surface area (Å²) in [7, 11) is 0. The van der Waals surface area contributed by atoms with Crippen molar-refractivity contribution in [1.82, 2.24) is 19.9 Å². The van der Waals surface area contributed by atoms with Crippen LogP contribution in [0.15, 0.2) is 170 Å². The minimum absolute atomic E-state index is 0.646. The quantitative estimate of drug-likeness (QED) is 0.171. The molecule has 0 saturated heterocycles. The number of para-hydroxylation sites is 1. The summed E-state index contributed by atoms with van der Waals surface area (Å²) in [6.45, 7) is 0. The van der Waals surface area contributed by atoms with E-state index < -0.39 is 0 Å². The summed E-state index contributed by atoms with van der Waals surface area (Å²) in [6.07, 6.45) is 0. The van der Waals surface area contributed by atoms with E-state index in [1.165, 1.54) is 31.1 Å². The highest BCUT2D eigenvalue weighted by Crippen LogP contribution is 2.44. The van der Waals surface area contributed by atoms with Gasteiger partial charge in [-0.15, -0.1) is 11.3 Å². The topological polar surface area (TPSA) is 51.6 Å². The van der Waals surface area contributed by atoms with Gasteiger partial charge in [0, 0.05) is 58.6 Å². The van der Waals surface area contributed by atoms with Crippen molar-refractivity contribution < 1.29 is 0 Å². The Labute approximate surface area is 298 Å². The zero-order chi connectivity index (χ0) is 33.7. The molecule has 238 valence electrons. The lowest BCUT2D eigenvalue weighted by Gasteiger charge is -2.11. The minimum atomic E-state index is 0.646. The number of hydrogen-bond acceptors (Lipinski definition) is 5. The molecule has 5 heteroatoms. The van der Waals surface area contributed by atoms with E-state index in [2.05, 4.69) is 133 Å². The van der Waals surface area contributed by atoms with E-state index >= 15 is 0 Å². The van der Waals surface area contributed by atoms with Crippen LogP contribution in [0.5, 0.6) is 0 Å². The number of aromatic nitrogens is 4. The first kappa shape index (κ1) is 29.4. The maximum absolute atomic E-state index is 5.16. The molecular formula is C46H28N4S. The van der Waals surface area contributed by atoms with Gasteiger partial charge in [-0.1, -0.05) is 146 Å². The molecule has 51 heavy (non-hydrogen) atoms. The van der Waals surface area contributed by atoms with Crippen LogP contribution >= 0.6 is 11.3 Å². The van der Waals surface area contributed by atoms with Crippen LogP contribution in [-0.4, -0.2) is 19.9 Å². The van der Waals surface area contributed by atoms with Crippen LogP contribution in [-0.2, 0) is 0 Å². The largest absolute Gasteiger partial charge is 0.247 e. The molecule has 0 aliphatic carbocycles. The minimum Gasteiger partial charge on any atom is -0.247 e. The van der Waals surface area contributed by atoms with Gasteiger partial charge in [0.15, 0.2) is 17.5 Å². The molecule has 0 radical (unpaired) electrons. The smallest absolute Gasteiger partial charge is 0.164 e. The Bertz CT molecular complexity index is 2890. The van der Waals surface area contributed by atoms with E-state index in [1.54, 1.807) is 0 Å². The second-order valence-electron chi connectivity index (χ2n) is 12.6. The van der Waals surface area contributed by atoms with E-state index in [0.717, 1.165) is 49.8 Å². The fourth-order valence-electron chi connectivity index (χ4n) is 7.02. The van der Waals surface area contributed by atoms with Crippen molar-refractivity contribution in [3.63, 3.8) is 0 Å². The number of hydrogen-bond donors (Lipinski definition) is 0. The van der Waals surface area contributed by atoms with Crippen molar-refractivity contribution in [3.05, 3.63) is 170 Å². The number of pyridine rings is 1. The Morgan fingerprint density at radius 1 is 0.333 bits per heavy atom. The van der Waals surface area contributed by atoms with E-state index in [4.69, 9.17) is 19.9 Å². The molecule has 7 aromatic carbocycles. The predicted octanol–water partition coefficient (Wildman–Crippen LogP) is 12.3. The summed E-state index contributed by atoms with van der Waals surface area (Å²) in [5.74, 6) is 1.94. The second-order valence-corrected chi connectivity index (χ2v) is 13.7. The van der Waals surface area contributed by atoms with Crippen molar-refractivity contribution in [2.75, 3.05) is 0 Å². The van der Waals surface area contributed by atoms with Crippen molar-refractivity contribution >= 4 is 53.2 Å². The molecule has 3 heterocycles. The van der Waals surface area contributed by atoms with Gasteiger partial charge in [0.05, 0.1) is 11.2 Å². The highest BCUT2D eigenvalue weighted by molar-refractivity contribution is 7.26. The average Bonchev–Trinajstić information content (AvgIpc) is 3.59. The number of thiophene rings is 1. The third kappa shape index (κ3) is 5.14. The van der Waals surface area contributed by atoms with Gasteiger partial charge in [0.2, 0.25) is 0 Å². The standard InChI is InChI=1S/C46H28N4S/c1-4-12-29(13-5-1)30-20-22-33(23-21-30)45-48-44(32-16-8-3-9-17-32)49-46(50-45)34-24-27-40-38(28-34)35-25-26-37-41(43(35)51-40)36-18-10-11-19-39(36)47-42(37)31-14-6-2-7-15-31/h1-28H. The van der Waals surface area contributed by atoms with Crippen molar-refractivity contribution in [3.8, 4) is 56.5 Å². The summed E-state index contributed by atoms with van der Waals surface area (Å²) in [5.41, 5.74) is 8.29. The molecule has 0 aliphatic heterocycles. The van der Waals surface area contributed by atoms with Crippen molar-refractivity contribution in [2.45, 2.75) is 0 Å². The predicted molar refractivity (Wildman–Crippen MR) is 213 cm³/mol. The van der Waals surface area contributed by atoms with Crippen LogP contribution in [0.3, 0.4) is 0 Å². The fraction of sp³-hybridized carbons (Fsp3) is 0. The molecule has 0 aliphatic rings. The average molecular weight is 669 g/mol. The maximum Gasteiger partial charge on any atom is 0.164 e. The summed E-state index contributed by atoms with van der Waals surface area (Å²) >= 11 is 1.83. The highest BCUT2D eigenvalue weighted by Gasteiger charge is 2.18. The van der Waals surface area contributed by atoms with E-state index in [0.29, 0.717) is 17.5 Å². The first-order valence-electron chi connectivity index (χ1n) is 17.0. The van der Waals surface area contributed by atoms with Crippen LogP contribution < -0.4 is 0 Å². The zero-order valence-electron chi connectivity index (χ0n) is 27.4. The van der Waals surface area contributed by atoms with Gasteiger partial charge in [-0.05, 0) is 35.4 Å². The SMILES string of the molecule is c1ccc(-c2ccc(-c3nc(-c4ccccc4)nc(-c4ccc5sc6c(ccc7c(-c8ccccc8)nc8ccccc8c76)c5c4)n3)cc2)cc1. The highest BCUT2D eigenvalue weighted by atomic mass is 32.1. The lowest BCUT2D eigenvalue weighted by molar-refractivity contribution is 1.07. The normalized spacial score (nSPS) is 11.5. The van der Waals surface area contributed by atoms with Crippen molar-refractivity contribution in [1.29, 1.82) is 0 Å². The van der Waals surface area contributed by atoms with Gasteiger partial charge < -0.3 is 0 Å². The molecule has 0 fully saturated rings. The molecule has 0 spiro atoms. The van der Waals surface area contributed by atoms with Gasteiger partial charge in [-0.3, -0.25) is 0 Å². The van der Waals surface area contributed by atoms with Crippen LogP contribution in [0.25, 0.3) is 98.4 Å². The summed E-state index contributed by atoms with van der Waals surface area (Å²) in [6, 6.07) is 59.1. The van der Waals surface area contributed by atoms with Gasteiger partial charge >= 0.3 is 0 Å². The molecule has 0 unspecified atom stereocenters. The Balaban J connectivity index is 1.15. The zero-order valence-corrected chi connectivity index (χ0v) is 28.2. The van der Waals surface area contributed by atoms with Crippen LogP contribution in [0.4, 0.5) is 0 Å². The van der Waals surface area contributed by atoms with Crippen LogP contribution in [0.1, 0.15) is 0 Å². The molecule has 3 aromatic heterocycles. The molecule has 0 atom stereocenters. The maximum atomic E-state index is 5.16. The molecule has 0 N–H and O–H groups in total. The lowest BCUT2D eigenvalue weighted by atomic mass is 9.98. The van der Waals surface area contributed by atoms with Gasteiger partial charge in [0.1, 0.15) is 0 Å². The Morgan fingerprint density at radius 3 is 1.55 bits per heavy atom. The van der Waals surface area contributed by atoms with Gasteiger partial charge in [-0.2, -0.15) is 0 Å². The molecule has 10 rings (SSSR count). The van der Waals surface area contributed by atoms with E-state index in [9.17, 15) is 0 Å². The number of benzene rings is 7.